The first-order valence-corrected chi connectivity index (χ1v) is 11.0. The van der Waals surface area contributed by atoms with Crippen molar-refractivity contribution in [2.24, 2.45) is 0 Å². The van der Waals surface area contributed by atoms with Gasteiger partial charge in [-0.15, -0.1) is 0 Å². The van der Waals surface area contributed by atoms with Gasteiger partial charge in [0.2, 0.25) is 0 Å². The van der Waals surface area contributed by atoms with Crippen LogP contribution in [0, 0.1) is 0 Å². The lowest BCUT2D eigenvalue weighted by Gasteiger charge is -2.07. The molecular weight excluding hydrogens is 336 g/mol. The van der Waals surface area contributed by atoms with Gasteiger partial charge < -0.3 is 9.47 Å². The molecule has 27 heavy (non-hydrogen) atoms. The van der Waals surface area contributed by atoms with Crippen LogP contribution in [0.15, 0.2) is 24.3 Å². The maximum atomic E-state index is 11.8. The minimum Gasteiger partial charge on any atom is -0.497 e. The number of carbonyl (C=O) groups is 1. The van der Waals surface area contributed by atoms with Crippen molar-refractivity contribution in [1.29, 1.82) is 0 Å². The van der Waals surface area contributed by atoms with E-state index >= 15 is 0 Å². The van der Waals surface area contributed by atoms with Crippen molar-refractivity contribution in [2.45, 2.75) is 103 Å². The molecule has 0 aliphatic rings. The zero-order chi connectivity index (χ0) is 19.6. The summed E-state index contributed by atoms with van der Waals surface area (Å²) >= 11 is 0. The van der Waals surface area contributed by atoms with E-state index in [4.69, 9.17) is 9.47 Å². The highest BCUT2D eigenvalue weighted by Gasteiger charge is 2.04. The summed E-state index contributed by atoms with van der Waals surface area (Å²) in [7, 11) is 1.64. The Kier molecular flexibility index (Phi) is 14.5. The zero-order valence-corrected chi connectivity index (χ0v) is 17.6. The van der Waals surface area contributed by atoms with Gasteiger partial charge in [-0.1, -0.05) is 96.1 Å². The Bertz CT molecular complexity index is 484. The van der Waals surface area contributed by atoms with E-state index in [2.05, 4.69) is 6.92 Å². The Morgan fingerprint density at radius 3 is 1.93 bits per heavy atom. The number of benzene rings is 1. The van der Waals surface area contributed by atoms with Crippen LogP contribution in [0.4, 0.5) is 0 Å². The van der Waals surface area contributed by atoms with Crippen molar-refractivity contribution in [1.82, 2.24) is 0 Å². The maximum Gasteiger partial charge on any atom is 0.306 e. The Morgan fingerprint density at radius 2 is 1.37 bits per heavy atom. The zero-order valence-electron chi connectivity index (χ0n) is 17.6. The number of carbonyl (C=O) groups excluding carboxylic acids is 1. The van der Waals surface area contributed by atoms with E-state index in [1.54, 1.807) is 7.11 Å². The highest BCUT2D eigenvalue weighted by atomic mass is 16.5. The summed E-state index contributed by atoms with van der Waals surface area (Å²) in [5.41, 5.74) is 0.966. The average molecular weight is 377 g/mol. The lowest BCUT2D eigenvalue weighted by atomic mass is 10.0. The second-order valence-corrected chi connectivity index (χ2v) is 7.50. The molecule has 0 fully saturated rings. The first-order valence-electron chi connectivity index (χ1n) is 11.0. The van der Waals surface area contributed by atoms with Crippen LogP contribution >= 0.6 is 0 Å². The molecule has 3 heteroatoms. The number of ether oxygens (including phenoxy) is 2. The molecule has 0 spiro atoms. The largest absolute Gasteiger partial charge is 0.497 e. The van der Waals surface area contributed by atoms with E-state index < -0.39 is 0 Å². The van der Waals surface area contributed by atoms with Crippen molar-refractivity contribution >= 4 is 5.97 Å². The number of unbranched alkanes of at least 4 members (excludes halogenated alkanes) is 12. The lowest BCUT2D eigenvalue weighted by molar-refractivity contribution is -0.145. The molecule has 0 bridgehead atoms. The number of esters is 1. The van der Waals surface area contributed by atoms with Gasteiger partial charge in [0.15, 0.2) is 0 Å². The fraction of sp³-hybridized carbons (Fsp3) is 0.708. The van der Waals surface area contributed by atoms with Crippen LogP contribution in [0.5, 0.6) is 5.75 Å². The molecule has 154 valence electrons. The molecule has 0 aliphatic heterocycles. The van der Waals surface area contributed by atoms with Gasteiger partial charge in [0.1, 0.15) is 12.4 Å². The molecule has 0 saturated carbocycles. The van der Waals surface area contributed by atoms with Crippen LogP contribution < -0.4 is 4.74 Å². The summed E-state index contributed by atoms with van der Waals surface area (Å²) in [6.07, 6.45) is 17.6. The van der Waals surface area contributed by atoms with Crippen molar-refractivity contribution in [2.75, 3.05) is 7.11 Å². The molecule has 0 saturated heterocycles. The Balaban J connectivity index is 1.88. The molecule has 1 aromatic rings. The van der Waals surface area contributed by atoms with Crippen molar-refractivity contribution < 1.29 is 14.3 Å². The number of rotatable bonds is 17. The summed E-state index contributed by atoms with van der Waals surface area (Å²) in [6.45, 7) is 2.60. The molecule has 0 unspecified atom stereocenters. The molecule has 0 aliphatic carbocycles. The molecule has 0 N–H and O–H groups in total. The third-order valence-corrected chi connectivity index (χ3v) is 5.02. The van der Waals surface area contributed by atoms with Gasteiger partial charge >= 0.3 is 5.97 Å². The lowest BCUT2D eigenvalue weighted by Crippen LogP contribution is -2.04. The average Bonchev–Trinajstić information content (AvgIpc) is 2.70. The Labute approximate surface area is 166 Å². The molecule has 1 rings (SSSR count). The SMILES string of the molecule is CCCCCCCCCCCCCCCC(=O)OCc1cccc(OC)c1. The molecule has 3 nitrogen and oxygen atoms in total. The van der Waals surface area contributed by atoms with Crippen LogP contribution in [-0.2, 0) is 16.1 Å². The van der Waals surface area contributed by atoms with Crippen molar-refractivity contribution in [3.05, 3.63) is 29.8 Å². The normalized spacial score (nSPS) is 10.7. The molecule has 0 radical (unpaired) electrons. The molecule has 0 atom stereocenters. The summed E-state index contributed by atoms with van der Waals surface area (Å²) in [6, 6.07) is 7.65. The maximum absolute atomic E-state index is 11.8. The second-order valence-electron chi connectivity index (χ2n) is 7.50. The fourth-order valence-corrected chi connectivity index (χ4v) is 3.29. The summed E-state index contributed by atoms with van der Waals surface area (Å²) in [5, 5.41) is 0. The predicted octanol–water partition coefficient (Wildman–Crippen LogP) is 7.22. The Hall–Kier alpha value is -1.51. The predicted molar refractivity (Wildman–Crippen MR) is 113 cm³/mol. The van der Waals surface area contributed by atoms with Crippen molar-refractivity contribution in [3.63, 3.8) is 0 Å². The number of hydrogen-bond acceptors (Lipinski definition) is 3. The first-order chi connectivity index (χ1) is 13.3. The van der Waals surface area contributed by atoms with Crippen LogP contribution in [0.25, 0.3) is 0 Å². The minimum atomic E-state index is -0.0964. The molecular formula is C24H40O3. The van der Waals surface area contributed by atoms with Crippen LogP contribution in [-0.4, -0.2) is 13.1 Å². The van der Waals surface area contributed by atoms with Crippen LogP contribution in [0.2, 0.25) is 0 Å². The summed E-state index contributed by atoms with van der Waals surface area (Å²) in [5.74, 6) is 0.695. The Morgan fingerprint density at radius 1 is 0.815 bits per heavy atom. The van der Waals surface area contributed by atoms with Gasteiger partial charge in [-0.2, -0.15) is 0 Å². The number of methoxy groups -OCH3 is 1. The minimum absolute atomic E-state index is 0.0964. The van der Waals surface area contributed by atoms with Gasteiger partial charge in [-0.25, -0.2) is 0 Å². The van der Waals surface area contributed by atoms with Gasteiger partial charge in [-0.3, -0.25) is 4.79 Å². The van der Waals surface area contributed by atoms with Gasteiger partial charge in [0, 0.05) is 6.42 Å². The van der Waals surface area contributed by atoms with E-state index in [9.17, 15) is 4.79 Å². The summed E-state index contributed by atoms with van der Waals surface area (Å²) < 4.78 is 10.5. The molecule has 1 aromatic carbocycles. The molecule has 0 heterocycles. The number of hydrogen-bond donors (Lipinski definition) is 0. The van der Waals surface area contributed by atoms with Crippen LogP contribution in [0.1, 0.15) is 102 Å². The van der Waals surface area contributed by atoms with Gasteiger partial charge in [-0.05, 0) is 24.1 Å². The third kappa shape index (κ3) is 13.3. The standard InChI is InChI=1S/C24H40O3/c1-3-4-5-6-7-8-9-10-11-12-13-14-15-19-24(25)27-21-22-17-16-18-23(20-22)26-2/h16-18,20H,3-15,19,21H2,1-2H3. The third-order valence-electron chi connectivity index (χ3n) is 5.02. The smallest absolute Gasteiger partial charge is 0.306 e. The monoisotopic (exact) mass is 376 g/mol. The quantitative estimate of drug-likeness (QED) is 0.213. The van der Waals surface area contributed by atoms with E-state index in [1.807, 2.05) is 24.3 Å². The second kappa shape index (κ2) is 16.6. The fourth-order valence-electron chi connectivity index (χ4n) is 3.29. The highest BCUT2D eigenvalue weighted by Crippen LogP contribution is 2.15. The van der Waals surface area contributed by atoms with E-state index in [-0.39, 0.29) is 5.97 Å². The van der Waals surface area contributed by atoms with Crippen molar-refractivity contribution in [3.8, 4) is 5.75 Å². The van der Waals surface area contributed by atoms with E-state index in [0.717, 1.165) is 24.2 Å². The van der Waals surface area contributed by atoms with Gasteiger partial charge in [0.05, 0.1) is 7.11 Å². The van der Waals surface area contributed by atoms with E-state index in [1.165, 1.54) is 70.6 Å². The summed E-state index contributed by atoms with van der Waals surface area (Å²) in [4.78, 5) is 11.8. The first kappa shape index (κ1) is 23.5. The van der Waals surface area contributed by atoms with Crippen LogP contribution in [0.3, 0.4) is 0 Å². The molecule has 0 aromatic heterocycles. The highest BCUT2D eigenvalue weighted by molar-refractivity contribution is 5.69. The topological polar surface area (TPSA) is 35.5 Å². The van der Waals surface area contributed by atoms with Gasteiger partial charge in [0.25, 0.3) is 0 Å². The molecule has 0 amide bonds. The van der Waals surface area contributed by atoms with E-state index in [0.29, 0.717) is 13.0 Å².